The lowest BCUT2D eigenvalue weighted by molar-refractivity contribution is -0.125. The third-order valence-electron chi connectivity index (χ3n) is 2.78. The zero-order valence-electron chi connectivity index (χ0n) is 10.6. The van der Waals surface area contributed by atoms with Gasteiger partial charge in [-0.2, -0.15) is 0 Å². The highest BCUT2D eigenvalue weighted by atomic mass is 32.1. The topological polar surface area (TPSA) is 58.4 Å². The zero-order chi connectivity index (χ0) is 12.7. The molecule has 0 spiro atoms. The van der Waals surface area contributed by atoms with Gasteiger partial charge in [0, 0.05) is 12.6 Å². The van der Waals surface area contributed by atoms with Crippen molar-refractivity contribution in [1.29, 1.82) is 0 Å². The molecule has 0 fully saturated rings. The molecule has 0 aliphatic rings. The highest BCUT2D eigenvalue weighted by molar-refractivity contribution is 7.80. The molecule has 0 aromatic carbocycles. The molecule has 0 saturated heterocycles. The van der Waals surface area contributed by atoms with Crippen molar-refractivity contribution >= 4 is 23.1 Å². The number of amides is 1. The average Bonchev–Trinajstić information content (AvgIpc) is 2.23. The molecule has 0 saturated carbocycles. The van der Waals surface area contributed by atoms with E-state index in [9.17, 15) is 4.79 Å². The van der Waals surface area contributed by atoms with Crippen molar-refractivity contribution in [2.45, 2.75) is 45.7 Å². The Hall–Kier alpha value is -0.680. The van der Waals surface area contributed by atoms with Crippen molar-refractivity contribution in [3.8, 4) is 0 Å². The van der Waals surface area contributed by atoms with Crippen molar-refractivity contribution in [2.75, 3.05) is 13.6 Å². The first-order valence-electron chi connectivity index (χ1n) is 5.71. The maximum atomic E-state index is 11.9. The van der Waals surface area contributed by atoms with E-state index in [0.717, 1.165) is 12.8 Å². The summed E-state index contributed by atoms with van der Waals surface area (Å²) in [6.45, 7) is 6.46. The third kappa shape index (κ3) is 5.42. The quantitative estimate of drug-likeness (QED) is 0.654. The maximum absolute atomic E-state index is 11.9. The number of hydrogen-bond acceptors (Lipinski definition) is 3. The van der Waals surface area contributed by atoms with Gasteiger partial charge in [-0.1, -0.05) is 26.1 Å². The molecule has 0 aromatic heterocycles. The average molecular weight is 245 g/mol. The van der Waals surface area contributed by atoms with E-state index in [0.29, 0.717) is 11.5 Å². The summed E-state index contributed by atoms with van der Waals surface area (Å²) in [5.74, 6) is 0.0347. The fourth-order valence-corrected chi connectivity index (χ4v) is 1.60. The predicted molar refractivity (Wildman–Crippen MR) is 71.4 cm³/mol. The van der Waals surface area contributed by atoms with Crippen molar-refractivity contribution in [3.63, 3.8) is 0 Å². The van der Waals surface area contributed by atoms with Gasteiger partial charge in [0.15, 0.2) is 0 Å². The van der Waals surface area contributed by atoms with Gasteiger partial charge in [-0.15, -0.1) is 0 Å². The Morgan fingerprint density at radius 1 is 1.44 bits per heavy atom. The predicted octanol–water partition coefficient (Wildman–Crippen LogP) is 0.898. The molecular formula is C11H23N3OS. The van der Waals surface area contributed by atoms with Gasteiger partial charge in [0.05, 0.1) is 11.0 Å². The smallest absolute Gasteiger partial charge is 0.237 e. The summed E-state index contributed by atoms with van der Waals surface area (Å²) in [6, 6.07) is 0.0512. The van der Waals surface area contributed by atoms with Crippen LogP contribution in [0.1, 0.15) is 33.6 Å². The van der Waals surface area contributed by atoms with E-state index in [-0.39, 0.29) is 18.0 Å². The number of likely N-dealkylation sites (N-methyl/N-ethyl adjacent to an activating group) is 1. The van der Waals surface area contributed by atoms with E-state index < -0.39 is 0 Å². The minimum atomic E-state index is -0.206. The van der Waals surface area contributed by atoms with Gasteiger partial charge in [-0.3, -0.25) is 9.69 Å². The van der Waals surface area contributed by atoms with Crippen LogP contribution in [-0.4, -0.2) is 41.5 Å². The molecule has 4 nitrogen and oxygen atoms in total. The van der Waals surface area contributed by atoms with Gasteiger partial charge < -0.3 is 11.1 Å². The molecule has 1 atom stereocenters. The Kier molecular flexibility index (Phi) is 7.25. The summed E-state index contributed by atoms with van der Waals surface area (Å²) >= 11 is 4.82. The molecule has 0 bridgehead atoms. The van der Waals surface area contributed by atoms with Crippen LogP contribution in [0.3, 0.4) is 0 Å². The second-order valence-corrected chi connectivity index (χ2v) is 4.60. The lowest BCUT2D eigenvalue weighted by Gasteiger charge is -2.25. The lowest BCUT2D eigenvalue weighted by Crippen LogP contribution is -2.48. The van der Waals surface area contributed by atoms with E-state index >= 15 is 0 Å². The molecular weight excluding hydrogens is 222 g/mol. The summed E-state index contributed by atoms with van der Waals surface area (Å²) in [5.41, 5.74) is 5.44. The summed E-state index contributed by atoms with van der Waals surface area (Å²) in [7, 11) is 1.84. The third-order valence-corrected chi connectivity index (χ3v) is 2.91. The first-order valence-corrected chi connectivity index (χ1v) is 6.12. The first-order chi connectivity index (χ1) is 7.42. The Morgan fingerprint density at radius 2 is 1.94 bits per heavy atom. The molecule has 1 amide bonds. The molecule has 16 heavy (non-hydrogen) atoms. The number of nitrogens with two attached hydrogens (primary N) is 1. The minimum absolute atomic E-state index is 0.0347. The normalized spacial score (nSPS) is 12.9. The van der Waals surface area contributed by atoms with Crippen LogP contribution in [0.25, 0.3) is 0 Å². The van der Waals surface area contributed by atoms with Gasteiger partial charge in [0.1, 0.15) is 0 Å². The van der Waals surface area contributed by atoms with Crippen LogP contribution in [0.5, 0.6) is 0 Å². The van der Waals surface area contributed by atoms with Crippen LogP contribution >= 0.6 is 12.2 Å². The number of nitrogens with zero attached hydrogens (tertiary/aromatic N) is 1. The maximum Gasteiger partial charge on any atom is 0.237 e. The Morgan fingerprint density at radius 3 is 2.31 bits per heavy atom. The van der Waals surface area contributed by atoms with Crippen LogP contribution in [0.2, 0.25) is 0 Å². The molecule has 5 heteroatoms. The molecule has 0 rings (SSSR count). The molecule has 3 N–H and O–H groups in total. The largest absolute Gasteiger partial charge is 0.392 e. The van der Waals surface area contributed by atoms with Crippen LogP contribution < -0.4 is 11.1 Å². The van der Waals surface area contributed by atoms with Gasteiger partial charge >= 0.3 is 0 Å². The molecule has 0 heterocycles. The summed E-state index contributed by atoms with van der Waals surface area (Å²) in [5, 5.41) is 3.01. The van der Waals surface area contributed by atoms with Crippen molar-refractivity contribution in [2.24, 2.45) is 5.73 Å². The van der Waals surface area contributed by atoms with Crippen molar-refractivity contribution < 1.29 is 4.79 Å². The van der Waals surface area contributed by atoms with E-state index in [1.165, 1.54) is 0 Å². The summed E-state index contributed by atoms with van der Waals surface area (Å²) in [4.78, 5) is 14.1. The van der Waals surface area contributed by atoms with Crippen molar-refractivity contribution in [3.05, 3.63) is 0 Å². The van der Waals surface area contributed by atoms with Crippen molar-refractivity contribution in [1.82, 2.24) is 10.2 Å². The molecule has 0 aliphatic carbocycles. The number of carbonyl (C=O) groups is 1. The number of hydrogen-bond donors (Lipinski definition) is 2. The van der Waals surface area contributed by atoms with Gasteiger partial charge in [0.2, 0.25) is 5.91 Å². The fourth-order valence-electron chi connectivity index (χ4n) is 1.40. The zero-order valence-corrected chi connectivity index (χ0v) is 11.4. The van der Waals surface area contributed by atoms with Crippen LogP contribution in [0.4, 0.5) is 0 Å². The van der Waals surface area contributed by atoms with Crippen LogP contribution in [0.15, 0.2) is 0 Å². The molecule has 0 aliphatic heterocycles. The molecule has 1 unspecified atom stereocenters. The van der Waals surface area contributed by atoms with Crippen LogP contribution in [0, 0.1) is 0 Å². The highest BCUT2D eigenvalue weighted by Crippen LogP contribution is 2.00. The molecule has 94 valence electrons. The Labute approximate surface area is 104 Å². The summed E-state index contributed by atoms with van der Waals surface area (Å²) < 4.78 is 0. The molecule has 0 aromatic rings. The van der Waals surface area contributed by atoms with E-state index in [4.69, 9.17) is 18.0 Å². The second-order valence-electron chi connectivity index (χ2n) is 4.08. The number of thiocarbonyl (C=S) groups is 1. The van der Waals surface area contributed by atoms with Gasteiger partial charge in [-0.25, -0.2) is 0 Å². The van der Waals surface area contributed by atoms with Gasteiger partial charge in [0.25, 0.3) is 0 Å². The monoisotopic (exact) mass is 245 g/mol. The van der Waals surface area contributed by atoms with Gasteiger partial charge in [-0.05, 0) is 26.8 Å². The Balaban J connectivity index is 4.21. The SMILES string of the molecule is CCC(CC)NC(=O)C(C)N(C)CC(N)=S. The standard InChI is InChI=1S/C11H23N3OS/c1-5-9(6-2)13-11(15)8(3)14(4)7-10(12)16/h8-9H,5-7H2,1-4H3,(H2,12,16)(H,13,15). The number of carbonyl (C=O) groups excluding carboxylic acids is 1. The fraction of sp³-hybridized carbons (Fsp3) is 0.818. The lowest BCUT2D eigenvalue weighted by atomic mass is 10.1. The summed E-state index contributed by atoms with van der Waals surface area (Å²) in [6.07, 6.45) is 1.90. The van der Waals surface area contributed by atoms with E-state index in [2.05, 4.69) is 19.2 Å². The molecule has 0 radical (unpaired) electrons. The second kappa shape index (κ2) is 7.57. The number of rotatable bonds is 7. The number of nitrogens with one attached hydrogen (secondary N) is 1. The Bertz CT molecular complexity index is 241. The van der Waals surface area contributed by atoms with E-state index in [1.807, 2.05) is 18.9 Å². The first kappa shape index (κ1) is 15.3. The highest BCUT2D eigenvalue weighted by Gasteiger charge is 2.19. The van der Waals surface area contributed by atoms with Crippen LogP contribution in [-0.2, 0) is 4.79 Å². The van der Waals surface area contributed by atoms with E-state index in [1.54, 1.807) is 0 Å². The minimum Gasteiger partial charge on any atom is -0.392 e.